The fourth-order valence-corrected chi connectivity index (χ4v) is 2.12. The summed E-state index contributed by atoms with van der Waals surface area (Å²) in [6.45, 7) is 1.20. The maximum absolute atomic E-state index is 13.1. The van der Waals surface area contributed by atoms with E-state index in [9.17, 15) is 9.18 Å². The highest BCUT2D eigenvalue weighted by Gasteiger charge is 2.23. The van der Waals surface area contributed by atoms with Gasteiger partial charge in [0.15, 0.2) is 0 Å². The average Bonchev–Trinajstić information content (AvgIpc) is 3.08. The van der Waals surface area contributed by atoms with Crippen molar-refractivity contribution in [3.8, 4) is 0 Å². The van der Waals surface area contributed by atoms with Crippen LogP contribution in [0.5, 0.6) is 0 Å². The van der Waals surface area contributed by atoms with Crippen molar-refractivity contribution < 1.29 is 9.18 Å². The van der Waals surface area contributed by atoms with Gasteiger partial charge in [0.25, 0.3) is 5.91 Å². The first-order valence-corrected chi connectivity index (χ1v) is 6.09. The van der Waals surface area contributed by atoms with E-state index in [-0.39, 0.29) is 5.91 Å². The second-order valence-electron chi connectivity index (χ2n) is 4.39. The molecule has 0 fully saturated rings. The van der Waals surface area contributed by atoms with Crippen LogP contribution in [0, 0.1) is 5.82 Å². The molecular weight excluding hydrogens is 245 g/mol. The van der Waals surface area contributed by atoms with Crippen molar-refractivity contribution in [1.82, 2.24) is 5.01 Å². The molecule has 2 heterocycles. The minimum Gasteiger partial charge on any atom is -0.288 e. The highest BCUT2D eigenvalue weighted by Crippen LogP contribution is 2.17. The molecule has 0 spiro atoms. The quantitative estimate of drug-likeness (QED) is 0.799. The van der Waals surface area contributed by atoms with Crippen molar-refractivity contribution in [2.75, 3.05) is 13.1 Å². The van der Waals surface area contributed by atoms with E-state index in [4.69, 9.17) is 0 Å². The molecule has 96 valence electrons. The summed E-state index contributed by atoms with van der Waals surface area (Å²) in [6.07, 6.45) is 4.46. The van der Waals surface area contributed by atoms with E-state index in [2.05, 4.69) is 10.1 Å². The van der Waals surface area contributed by atoms with Gasteiger partial charge in [0.2, 0.25) is 0 Å². The number of amides is 1. The third-order valence-electron chi connectivity index (χ3n) is 3.09. The number of rotatable bonds is 2. The van der Waals surface area contributed by atoms with Gasteiger partial charge in [-0.2, -0.15) is 5.10 Å². The molecule has 2 aliphatic rings. The molecule has 0 saturated carbocycles. The van der Waals surface area contributed by atoms with Crippen LogP contribution >= 0.6 is 0 Å². The van der Waals surface area contributed by atoms with Crippen LogP contribution < -0.4 is 0 Å². The molecule has 1 aromatic carbocycles. The standard InChI is InChI=1S/C14H12FN3O/c15-12-3-1-2-10(8-12)14(19)18-7-5-13(17-18)11-4-6-16-9-11/h1-4,8-9H,5-7H2. The van der Waals surface area contributed by atoms with Crippen molar-refractivity contribution in [3.63, 3.8) is 0 Å². The smallest absolute Gasteiger partial charge is 0.274 e. The van der Waals surface area contributed by atoms with Crippen molar-refractivity contribution in [2.45, 2.75) is 6.42 Å². The lowest BCUT2D eigenvalue weighted by Crippen LogP contribution is -2.23. The highest BCUT2D eigenvalue weighted by molar-refractivity contribution is 6.18. The first-order chi connectivity index (χ1) is 9.24. The van der Waals surface area contributed by atoms with Gasteiger partial charge >= 0.3 is 0 Å². The number of carbonyl (C=O) groups excluding carboxylic acids is 1. The Morgan fingerprint density at radius 3 is 3.00 bits per heavy atom. The van der Waals surface area contributed by atoms with E-state index in [1.807, 2.05) is 6.08 Å². The van der Waals surface area contributed by atoms with Gasteiger partial charge in [-0.05, 0) is 18.2 Å². The minimum absolute atomic E-state index is 0.273. The summed E-state index contributed by atoms with van der Waals surface area (Å²) in [5.74, 6) is -0.690. The van der Waals surface area contributed by atoms with Gasteiger partial charge in [-0.15, -0.1) is 0 Å². The van der Waals surface area contributed by atoms with Crippen molar-refractivity contribution in [3.05, 3.63) is 47.3 Å². The number of halogens is 1. The predicted molar refractivity (Wildman–Crippen MR) is 70.9 cm³/mol. The van der Waals surface area contributed by atoms with Crippen LogP contribution in [0.4, 0.5) is 4.39 Å². The van der Waals surface area contributed by atoms with Crippen LogP contribution in [-0.2, 0) is 0 Å². The molecule has 1 amide bonds. The number of hydrogen-bond donors (Lipinski definition) is 0. The number of hydrazone groups is 1. The van der Waals surface area contributed by atoms with Crippen molar-refractivity contribution in [1.29, 1.82) is 0 Å². The van der Waals surface area contributed by atoms with E-state index < -0.39 is 5.82 Å². The number of benzene rings is 1. The zero-order valence-corrected chi connectivity index (χ0v) is 10.2. The maximum atomic E-state index is 13.1. The van der Waals surface area contributed by atoms with Crippen LogP contribution in [0.2, 0.25) is 0 Å². The van der Waals surface area contributed by atoms with Gasteiger partial charge in [-0.3, -0.25) is 9.79 Å². The molecule has 1 aromatic rings. The molecule has 0 N–H and O–H groups in total. The third-order valence-corrected chi connectivity index (χ3v) is 3.09. The molecular formula is C14H12FN3O. The summed E-state index contributed by atoms with van der Waals surface area (Å²) in [4.78, 5) is 16.3. The topological polar surface area (TPSA) is 45.0 Å². The normalized spacial score (nSPS) is 17.6. The first-order valence-electron chi connectivity index (χ1n) is 6.09. The van der Waals surface area contributed by atoms with Gasteiger partial charge in [0.1, 0.15) is 5.82 Å². The Morgan fingerprint density at radius 2 is 2.26 bits per heavy atom. The summed E-state index contributed by atoms with van der Waals surface area (Å²) < 4.78 is 13.1. The van der Waals surface area contributed by atoms with E-state index in [0.29, 0.717) is 25.1 Å². The predicted octanol–water partition coefficient (Wildman–Crippen LogP) is 2.04. The molecule has 5 heteroatoms. The van der Waals surface area contributed by atoms with E-state index >= 15 is 0 Å². The van der Waals surface area contributed by atoms with E-state index in [1.54, 1.807) is 12.3 Å². The van der Waals surface area contributed by atoms with E-state index in [0.717, 1.165) is 11.3 Å². The van der Waals surface area contributed by atoms with Gasteiger partial charge in [0.05, 0.1) is 18.8 Å². The molecule has 0 aromatic heterocycles. The molecule has 2 aliphatic heterocycles. The molecule has 0 bridgehead atoms. The average molecular weight is 257 g/mol. The zero-order valence-electron chi connectivity index (χ0n) is 10.2. The van der Waals surface area contributed by atoms with Gasteiger partial charge in [-0.1, -0.05) is 12.1 Å². The van der Waals surface area contributed by atoms with Crippen LogP contribution in [0.15, 0.2) is 46.0 Å². The Kier molecular flexibility index (Phi) is 2.95. The second-order valence-corrected chi connectivity index (χ2v) is 4.39. The highest BCUT2D eigenvalue weighted by atomic mass is 19.1. The molecule has 0 atom stereocenters. The molecule has 19 heavy (non-hydrogen) atoms. The molecule has 4 nitrogen and oxygen atoms in total. The molecule has 0 saturated heterocycles. The Hall–Kier alpha value is -2.30. The van der Waals surface area contributed by atoms with E-state index in [1.165, 1.54) is 23.2 Å². The summed E-state index contributed by atoms with van der Waals surface area (Å²) in [5, 5.41) is 5.68. The van der Waals surface area contributed by atoms with Crippen LogP contribution in [-0.4, -0.2) is 35.9 Å². The summed E-state index contributed by atoms with van der Waals surface area (Å²) >= 11 is 0. The van der Waals surface area contributed by atoms with Crippen LogP contribution in [0.3, 0.4) is 0 Å². The summed E-state index contributed by atoms with van der Waals surface area (Å²) in [7, 11) is 0. The number of aliphatic imine (C=N–C) groups is 1. The van der Waals surface area contributed by atoms with Gasteiger partial charge < -0.3 is 0 Å². The van der Waals surface area contributed by atoms with Crippen molar-refractivity contribution in [2.24, 2.45) is 10.1 Å². The monoisotopic (exact) mass is 257 g/mol. The third kappa shape index (κ3) is 2.31. The lowest BCUT2D eigenvalue weighted by Gasteiger charge is -2.11. The number of hydrogen-bond acceptors (Lipinski definition) is 3. The summed E-state index contributed by atoms with van der Waals surface area (Å²) in [5.41, 5.74) is 2.17. The fraction of sp³-hybridized carbons (Fsp3) is 0.214. The first kappa shape index (κ1) is 11.8. The number of carbonyl (C=O) groups is 1. The maximum Gasteiger partial charge on any atom is 0.274 e. The lowest BCUT2D eigenvalue weighted by molar-refractivity contribution is 0.0778. The number of allylic oxidation sites excluding steroid dienone is 1. The zero-order chi connectivity index (χ0) is 13.2. The Bertz CT molecular complexity index is 619. The largest absolute Gasteiger partial charge is 0.288 e. The lowest BCUT2D eigenvalue weighted by atomic mass is 10.1. The minimum atomic E-state index is -0.417. The van der Waals surface area contributed by atoms with Gasteiger partial charge in [-0.25, -0.2) is 9.40 Å². The van der Waals surface area contributed by atoms with Crippen LogP contribution in [0.25, 0.3) is 0 Å². The molecule has 0 radical (unpaired) electrons. The Labute approximate surface area is 109 Å². The van der Waals surface area contributed by atoms with Crippen LogP contribution in [0.1, 0.15) is 16.8 Å². The Morgan fingerprint density at radius 1 is 1.37 bits per heavy atom. The van der Waals surface area contributed by atoms with Crippen molar-refractivity contribution >= 4 is 17.8 Å². The molecule has 0 unspecified atom stereocenters. The summed E-state index contributed by atoms with van der Waals surface area (Å²) in [6, 6.07) is 5.66. The SMILES string of the molecule is O=C(c1cccc(F)c1)N1CCC(C2=CCN=C2)=N1. The molecule has 3 rings (SSSR count). The fourth-order valence-electron chi connectivity index (χ4n) is 2.12. The second kappa shape index (κ2) is 4.76. The molecule has 0 aliphatic carbocycles. The Balaban J connectivity index is 1.80. The van der Waals surface area contributed by atoms with Gasteiger partial charge in [0, 0.05) is 23.8 Å². The number of nitrogens with zero attached hydrogens (tertiary/aromatic N) is 3.